The fourth-order valence-electron chi connectivity index (χ4n) is 3.57. The summed E-state index contributed by atoms with van der Waals surface area (Å²) in [5.41, 5.74) is 1.27. The molecule has 0 aliphatic carbocycles. The second kappa shape index (κ2) is 5.28. The van der Waals surface area contributed by atoms with Crippen LogP contribution >= 0.6 is 0 Å². The lowest BCUT2D eigenvalue weighted by atomic mass is 9.70. The van der Waals surface area contributed by atoms with Crippen LogP contribution in [0.1, 0.15) is 44.9 Å². The van der Waals surface area contributed by atoms with Gasteiger partial charge in [-0.1, -0.05) is 0 Å². The molecule has 3 heterocycles. The summed E-state index contributed by atoms with van der Waals surface area (Å²) in [6.07, 6.45) is 2.98. The first-order valence-electron chi connectivity index (χ1n) is 8.14. The lowest BCUT2D eigenvalue weighted by molar-refractivity contribution is -0.129. The van der Waals surface area contributed by atoms with Crippen molar-refractivity contribution in [3.8, 4) is 0 Å². The van der Waals surface area contributed by atoms with Crippen LogP contribution in [0.15, 0.2) is 12.3 Å². The molecule has 3 rings (SSSR count). The highest BCUT2D eigenvalue weighted by atomic mass is 16.6. The molecule has 1 aromatic heterocycles. The van der Waals surface area contributed by atoms with Crippen molar-refractivity contribution in [2.75, 3.05) is 13.1 Å². The number of nitrogens with one attached hydrogen (secondary N) is 1. The van der Waals surface area contributed by atoms with E-state index in [2.05, 4.69) is 16.0 Å². The number of carbonyl (C=O) groups is 2. The molecular formula is C17H25N3O3. The third-order valence-electron chi connectivity index (χ3n) is 4.84. The molecule has 1 fully saturated rings. The van der Waals surface area contributed by atoms with Gasteiger partial charge in [-0.25, -0.2) is 4.79 Å². The monoisotopic (exact) mass is 319 g/mol. The third-order valence-corrected chi connectivity index (χ3v) is 4.84. The summed E-state index contributed by atoms with van der Waals surface area (Å²) in [6.45, 7) is 7.24. The molecule has 6 heteroatoms. The van der Waals surface area contributed by atoms with E-state index in [1.807, 2.05) is 34.0 Å². The molecule has 0 radical (unpaired) electrons. The molecule has 1 spiro atoms. The molecule has 0 saturated carbocycles. The fraction of sp³-hybridized carbons (Fsp3) is 0.647. The molecule has 2 aliphatic heterocycles. The van der Waals surface area contributed by atoms with Gasteiger partial charge in [-0.3, -0.25) is 4.79 Å². The van der Waals surface area contributed by atoms with E-state index in [9.17, 15) is 9.59 Å². The van der Waals surface area contributed by atoms with Crippen LogP contribution in [0, 0.1) is 0 Å². The second-order valence-corrected chi connectivity index (χ2v) is 7.52. The maximum absolute atomic E-state index is 12.6. The van der Waals surface area contributed by atoms with Crippen molar-refractivity contribution in [1.82, 2.24) is 14.8 Å². The van der Waals surface area contributed by atoms with Gasteiger partial charge in [0.1, 0.15) is 5.60 Å². The number of piperidine rings is 1. The van der Waals surface area contributed by atoms with Crippen LogP contribution in [-0.4, -0.2) is 40.2 Å². The fourth-order valence-corrected chi connectivity index (χ4v) is 3.57. The van der Waals surface area contributed by atoms with Crippen LogP contribution in [-0.2, 0) is 28.5 Å². The van der Waals surface area contributed by atoms with Crippen molar-refractivity contribution in [3.05, 3.63) is 23.5 Å². The number of amides is 2. The molecule has 2 amide bonds. The molecule has 0 bridgehead atoms. The summed E-state index contributed by atoms with van der Waals surface area (Å²) in [5.74, 6) is 0.0834. The van der Waals surface area contributed by atoms with Crippen LogP contribution in [0.3, 0.4) is 0 Å². The zero-order valence-corrected chi connectivity index (χ0v) is 14.3. The Labute approximate surface area is 136 Å². The van der Waals surface area contributed by atoms with Crippen LogP contribution in [0.2, 0.25) is 0 Å². The Balaban J connectivity index is 1.78. The van der Waals surface area contributed by atoms with Crippen LogP contribution < -0.4 is 5.32 Å². The van der Waals surface area contributed by atoms with Gasteiger partial charge in [-0.2, -0.15) is 0 Å². The number of aromatic nitrogens is 1. The minimum absolute atomic E-state index is 0.0834. The van der Waals surface area contributed by atoms with Crippen LogP contribution in [0.5, 0.6) is 0 Å². The Morgan fingerprint density at radius 3 is 2.57 bits per heavy atom. The van der Waals surface area contributed by atoms with Gasteiger partial charge in [0.25, 0.3) is 0 Å². The summed E-state index contributed by atoms with van der Waals surface area (Å²) >= 11 is 0. The van der Waals surface area contributed by atoms with E-state index in [1.54, 1.807) is 4.90 Å². The smallest absolute Gasteiger partial charge is 0.410 e. The number of aryl methyl sites for hydroxylation is 1. The molecule has 2 aliphatic rings. The highest BCUT2D eigenvalue weighted by molar-refractivity contribution is 5.90. The molecule has 0 unspecified atom stereocenters. The quantitative estimate of drug-likeness (QED) is 0.794. The molecule has 0 aromatic carbocycles. The zero-order chi connectivity index (χ0) is 16.8. The number of hydrogen-bond acceptors (Lipinski definition) is 3. The van der Waals surface area contributed by atoms with E-state index in [1.165, 1.54) is 0 Å². The first kappa shape index (κ1) is 15.9. The minimum Gasteiger partial charge on any atom is -0.444 e. The summed E-state index contributed by atoms with van der Waals surface area (Å²) in [5, 5.41) is 3.01. The second-order valence-electron chi connectivity index (χ2n) is 7.52. The summed E-state index contributed by atoms with van der Waals surface area (Å²) in [6, 6.07) is 2.05. The summed E-state index contributed by atoms with van der Waals surface area (Å²) in [7, 11) is 2.00. The molecule has 126 valence electrons. The van der Waals surface area contributed by atoms with Gasteiger partial charge < -0.3 is 19.5 Å². The number of hydrogen-bond donors (Lipinski definition) is 1. The molecule has 23 heavy (non-hydrogen) atoms. The average molecular weight is 319 g/mol. The van der Waals surface area contributed by atoms with Crippen LogP contribution in [0.25, 0.3) is 0 Å². The minimum atomic E-state index is -0.507. The van der Waals surface area contributed by atoms with E-state index < -0.39 is 11.0 Å². The van der Waals surface area contributed by atoms with E-state index >= 15 is 0 Å². The van der Waals surface area contributed by atoms with Gasteiger partial charge in [-0.05, 0) is 45.2 Å². The number of ether oxygens (including phenoxy) is 1. The van der Waals surface area contributed by atoms with Crippen molar-refractivity contribution < 1.29 is 14.3 Å². The molecule has 6 nitrogen and oxygen atoms in total. The van der Waals surface area contributed by atoms with Crippen molar-refractivity contribution >= 4 is 12.0 Å². The number of rotatable bonds is 0. The summed E-state index contributed by atoms with van der Waals surface area (Å²) < 4.78 is 7.50. The van der Waals surface area contributed by atoms with E-state index in [0.717, 1.165) is 11.3 Å². The van der Waals surface area contributed by atoms with E-state index in [-0.39, 0.29) is 12.0 Å². The Kier molecular flexibility index (Phi) is 3.65. The molecule has 1 N–H and O–H groups in total. The number of likely N-dealkylation sites (tertiary alicyclic amines) is 1. The van der Waals surface area contributed by atoms with E-state index in [0.29, 0.717) is 32.5 Å². The molecule has 1 saturated heterocycles. The Hall–Kier alpha value is -1.98. The first-order chi connectivity index (χ1) is 10.7. The topological polar surface area (TPSA) is 63.6 Å². The number of nitrogens with zero attached hydrogens (tertiary/aromatic N) is 2. The van der Waals surface area contributed by atoms with Gasteiger partial charge in [0.2, 0.25) is 5.91 Å². The molecular weight excluding hydrogens is 294 g/mol. The summed E-state index contributed by atoms with van der Waals surface area (Å²) in [4.78, 5) is 26.5. The first-order valence-corrected chi connectivity index (χ1v) is 8.14. The molecule has 1 aromatic rings. The van der Waals surface area contributed by atoms with Crippen molar-refractivity contribution in [2.24, 2.45) is 7.05 Å². The van der Waals surface area contributed by atoms with Gasteiger partial charge >= 0.3 is 6.09 Å². The van der Waals surface area contributed by atoms with Crippen molar-refractivity contribution in [2.45, 2.75) is 51.2 Å². The maximum atomic E-state index is 12.6. The van der Waals surface area contributed by atoms with Gasteiger partial charge in [0.05, 0.1) is 12.0 Å². The zero-order valence-electron chi connectivity index (χ0n) is 14.3. The van der Waals surface area contributed by atoms with Gasteiger partial charge in [-0.15, -0.1) is 0 Å². The maximum Gasteiger partial charge on any atom is 0.410 e. The highest BCUT2D eigenvalue weighted by Gasteiger charge is 2.47. The Morgan fingerprint density at radius 2 is 1.96 bits per heavy atom. The van der Waals surface area contributed by atoms with E-state index in [4.69, 9.17) is 4.74 Å². The number of fused-ring (bicyclic) bond motifs is 2. The standard InChI is InChI=1S/C17H25N3O3/c1-16(2,3)23-15(22)20-9-6-17(7-10-20)12-5-8-19(4)13(12)11-18-14(17)21/h5,8H,6-7,9-11H2,1-4H3,(H,18,21). The molecule has 0 atom stereocenters. The van der Waals surface area contributed by atoms with Crippen LogP contribution in [0.4, 0.5) is 4.79 Å². The normalized spacial score (nSPS) is 20.2. The third kappa shape index (κ3) is 2.71. The lowest BCUT2D eigenvalue weighted by Crippen LogP contribution is -2.55. The van der Waals surface area contributed by atoms with Crippen molar-refractivity contribution in [1.29, 1.82) is 0 Å². The van der Waals surface area contributed by atoms with Crippen molar-refractivity contribution in [3.63, 3.8) is 0 Å². The average Bonchev–Trinajstić information content (AvgIpc) is 2.84. The highest BCUT2D eigenvalue weighted by Crippen LogP contribution is 2.40. The predicted octanol–water partition coefficient (Wildman–Crippen LogP) is 1.92. The van der Waals surface area contributed by atoms with Gasteiger partial charge in [0.15, 0.2) is 0 Å². The number of carbonyl (C=O) groups excluding carboxylic acids is 2. The Morgan fingerprint density at radius 1 is 1.30 bits per heavy atom. The SMILES string of the molecule is Cn1ccc2c1CNC(=O)C21CCN(C(=O)OC(C)(C)C)CC1. The van der Waals surface area contributed by atoms with Gasteiger partial charge in [0, 0.05) is 32.0 Å². The predicted molar refractivity (Wildman–Crippen MR) is 86.0 cm³/mol. The Bertz CT molecular complexity index is 634. The largest absolute Gasteiger partial charge is 0.444 e. The lowest BCUT2D eigenvalue weighted by Gasteiger charge is -2.43.